The molecule has 0 N–H and O–H groups in total. The number of aryl methyl sites for hydroxylation is 1. The highest BCUT2D eigenvalue weighted by atomic mass is 32.2. The Hall–Kier alpha value is -0.740. The molecule has 4 heteroatoms. The smallest absolute Gasteiger partial charge is 0.167 e. The molecule has 0 bridgehead atoms. The van der Waals surface area contributed by atoms with E-state index in [1.54, 1.807) is 19.1 Å². The Morgan fingerprint density at radius 3 is 3.16 bits per heavy atom. The molecule has 0 amide bonds. The van der Waals surface area contributed by atoms with Gasteiger partial charge in [0.15, 0.2) is 11.6 Å². The normalized spacial score (nSPS) is 30.7. The second-order valence-corrected chi connectivity index (χ2v) is 6.56. The lowest BCUT2D eigenvalue weighted by Gasteiger charge is -2.37. The van der Waals surface area contributed by atoms with Gasteiger partial charge in [-0.05, 0) is 30.7 Å². The lowest BCUT2D eigenvalue weighted by Crippen LogP contribution is -2.43. The van der Waals surface area contributed by atoms with Crippen molar-refractivity contribution in [1.82, 2.24) is 0 Å². The van der Waals surface area contributed by atoms with Gasteiger partial charge in [0.2, 0.25) is 0 Å². The van der Waals surface area contributed by atoms with E-state index in [1.165, 1.54) is 0 Å². The zero-order valence-corrected chi connectivity index (χ0v) is 12.0. The summed E-state index contributed by atoms with van der Waals surface area (Å²) in [5.41, 5.74) is 0.615. The predicted octanol–water partition coefficient (Wildman–Crippen LogP) is 3.57. The number of thioether (sulfide) groups is 1. The maximum absolute atomic E-state index is 14.0. The number of benzene rings is 1. The quantitative estimate of drug-likeness (QED) is 0.826. The van der Waals surface area contributed by atoms with Crippen LogP contribution < -0.4 is 4.74 Å². The summed E-state index contributed by atoms with van der Waals surface area (Å²) in [6.45, 7) is 2.49. The molecule has 0 saturated carbocycles. The van der Waals surface area contributed by atoms with E-state index in [0.717, 1.165) is 37.4 Å². The number of rotatable bonds is 2. The molecule has 1 spiro atoms. The average Bonchev–Trinajstić information content (AvgIpc) is 2.83. The minimum Gasteiger partial charge on any atom is -0.487 e. The summed E-state index contributed by atoms with van der Waals surface area (Å²) >= 11 is 1.94. The Morgan fingerprint density at radius 2 is 2.37 bits per heavy atom. The summed E-state index contributed by atoms with van der Waals surface area (Å²) in [4.78, 5) is 0. The van der Waals surface area contributed by atoms with Gasteiger partial charge < -0.3 is 9.47 Å². The van der Waals surface area contributed by atoms with Gasteiger partial charge >= 0.3 is 0 Å². The van der Waals surface area contributed by atoms with Gasteiger partial charge in [-0.1, -0.05) is 12.1 Å². The summed E-state index contributed by atoms with van der Waals surface area (Å²) in [7, 11) is 0. The molecule has 2 heterocycles. The van der Waals surface area contributed by atoms with E-state index in [-0.39, 0.29) is 17.5 Å². The van der Waals surface area contributed by atoms with Gasteiger partial charge in [0.1, 0.15) is 6.10 Å². The van der Waals surface area contributed by atoms with Gasteiger partial charge in [-0.15, -0.1) is 0 Å². The number of hydrogen-bond donors (Lipinski definition) is 0. The van der Waals surface area contributed by atoms with Crippen molar-refractivity contribution in [2.75, 3.05) is 18.1 Å². The van der Waals surface area contributed by atoms with E-state index in [2.05, 4.69) is 0 Å². The molecule has 2 aliphatic heterocycles. The fourth-order valence-electron chi connectivity index (χ4n) is 2.84. The molecule has 1 aromatic carbocycles. The van der Waals surface area contributed by atoms with Crippen LogP contribution in [-0.2, 0) is 4.74 Å². The molecular formula is C15H19FO2S. The van der Waals surface area contributed by atoms with Crippen molar-refractivity contribution >= 4 is 11.8 Å². The Balaban J connectivity index is 1.71. The first kappa shape index (κ1) is 13.3. The van der Waals surface area contributed by atoms with Gasteiger partial charge in [0.05, 0.1) is 12.2 Å². The predicted molar refractivity (Wildman–Crippen MR) is 75.4 cm³/mol. The Morgan fingerprint density at radius 1 is 1.47 bits per heavy atom. The third-order valence-electron chi connectivity index (χ3n) is 3.96. The van der Waals surface area contributed by atoms with Gasteiger partial charge in [0, 0.05) is 18.6 Å². The third-order valence-corrected chi connectivity index (χ3v) is 5.19. The highest BCUT2D eigenvalue weighted by Crippen LogP contribution is 2.39. The maximum Gasteiger partial charge on any atom is 0.167 e. The molecule has 2 nitrogen and oxygen atoms in total. The van der Waals surface area contributed by atoms with E-state index in [0.29, 0.717) is 11.3 Å². The van der Waals surface area contributed by atoms with Crippen molar-refractivity contribution in [2.45, 2.75) is 37.9 Å². The second-order valence-electron chi connectivity index (χ2n) is 5.45. The minimum absolute atomic E-state index is 0.0200. The number of hydrogen-bond acceptors (Lipinski definition) is 3. The molecule has 2 unspecified atom stereocenters. The lowest BCUT2D eigenvalue weighted by molar-refractivity contribution is -0.0964. The van der Waals surface area contributed by atoms with E-state index >= 15 is 0 Å². The third kappa shape index (κ3) is 2.75. The Labute approximate surface area is 117 Å². The van der Waals surface area contributed by atoms with Crippen LogP contribution in [0.5, 0.6) is 5.75 Å². The first-order valence-electron chi connectivity index (χ1n) is 6.82. The van der Waals surface area contributed by atoms with Crippen LogP contribution in [0.1, 0.15) is 24.8 Å². The lowest BCUT2D eigenvalue weighted by atomic mass is 9.91. The maximum atomic E-state index is 14.0. The molecule has 19 heavy (non-hydrogen) atoms. The minimum atomic E-state index is -0.233. The molecule has 104 valence electrons. The fourth-order valence-corrected chi connectivity index (χ4v) is 4.22. The van der Waals surface area contributed by atoms with Crippen LogP contribution in [0.4, 0.5) is 4.39 Å². The first-order chi connectivity index (χ1) is 9.19. The molecule has 2 atom stereocenters. The zero-order chi connectivity index (χ0) is 13.3. The SMILES string of the molecule is Cc1cccc(OC2CCOC3(CCSC3)C2)c1F. The summed E-state index contributed by atoms with van der Waals surface area (Å²) in [6, 6.07) is 5.32. The van der Waals surface area contributed by atoms with E-state index in [4.69, 9.17) is 9.47 Å². The van der Waals surface area contributed by atoms with Crippen molar-refractivity contribution in [3.05, 3.63) is 29.6 Å². The molecule has 3 rings (SSSR count). The first-order valence-corrected chi connectivity index (χ1v) is 7.97. The van der Waals surface area contributed by atoms with Crippen LogP contribution in [0.25, 0.3) is 0 Å². The van der Waals surface area contributed by atoms with Crippen molar-refractivity contribution in [3.63, 3.8) is 0 Å². The number of ether oxygens (including phenoxy) is 2. The van der Waals surface area contributed by atoms with E-state index < -0.39 is 0 Å². The summed E-state index contributed by atoms with van der Waals surface area (Å²) in [6.07, 6.45) is 2.89. The number of halogens is 1. The van der Waals surface area contributed by atoms with Gasteiger partial charge in [-0.25, -0.2) is 4.39 Å². The van der Waals surface area contributed by atoms with Crippen LogP contribution >= 0.6 is 11.8 Å². The largest absolute Gasteiger partial charge is 0.487 e. The Kier molecular flexibility index (Phi) is 3.72. The molecule has 2 fully saturated rings. The van der Waals surface area contributed by atoms with E-state index in [1.807, 2.05) is 17.8 Å². The molecular weight excluding hydrogens is 263 g/mol. The molecule has 0 aromatic heterocycles. The van der Waals surface area contributed by atoms with Crippen LogP contribution in [0, 0.1) is 12.7 Å². The highest BCUT2D eigenvalue weighted by molar-refractivity contribution is 7.99. The highest BCUT2D eigenvalue weighted by Gasteiger charge is 2.41. The van der Waals surface area contributed by atoms with Crippen LogP contribution in [-0.4, -0.2) is 29.8 Å². The Bertz CT molecular complexity index is 457. The average molecular weight is 282 g/mol. The van der Waals surface area contributed by atoms with Crippen LogP contribution in [0.15, 0.2) is 18.2 Å². The second kappa shape index (κ2) is 5.33. The van der Waals surface area contributed by atoms with Crippen molar-refractivity contribution in [3.8, 4) is 5.75 Å². The van der Waals surface area contributed by atoms with Crippen LogP contribution in [0.3, 0.4) is 0 Å². The molecule has 0 aliphatic carbocycles. The summed E-state index contributed by atoms with van der Waals surface area (Å²) in [5.74, 6) is 2.35. The molecule has 1 aromatic rings. The molecule has 2 aliphatic rings. The topological polar surface area (TPSA) is 18.5 Å². The summed E-state index contributed by atoms with van der Waals surface area (Å²) in [5, 5.41) is 0. The molecule has 0 radical (unpaired) electrons. The van der Waals surface area contributed by atoms with Crippen molar-refractivity contribution < 1.29 is 13.9 Å². The van der Waals surface area contributed by atoms with Gasteiger partial charge in [-0.3, -0.25) is 0 Å². The molecule has 2 saturated heterocycles. The van der Waals surface area contributed by atoms with Gasteiger partial charge in [-0.2, -0.15) is 11.8 Å². The van der Waals surface area contributed by atoms with E-state index in [9.17, 15) is 4.39 Å². The monoisotopic (exact) mass is 282 g/mol. The summed E-state index contributed by atoms with van der Waals surface area (Å²) < 4.78 is 25.8. The zero-order valence-electron chi connectivity index (χ0n) is 11.2. The van der Waals surface area contributed by atoms with Crippen LogP contribution in [0.2, 0.25) is 0 Å². The van der Waals surface area contributed by atoms with Crippen molar-refractivity contribution in [2.24, 2.45) is 0 Å². The van der Waals surface area contributed by atoms with Gasteiger partial charge in [0.25, 0.3) is 0 Å². The standard InChI is InChI=1S/C15H19FO2S/c1-11-3-2-4-13(14(11)16)18-12-5-7-17-15(9-12)6-8-19-10-15/h2-4,12H,5-10H2,1H3. The fraction of sp³-hybridized carbons (Fsp3) is 0.600. The van der Waals surface area contributed by atoms with Crippen molar-refractivity contribution in [1.29, 1.82) is 0 Å².